The van der Waals surface area contributed by atoms with Gasteiger partial charge in [-0.1, -0.05) is 24.3 Å². The van der Waals surface area contributed by atoms with Gasteiger partial charge in [-0.05, 0) is 30.8 Å². The summed E-state index contributed by atoms with van der Waals surface area (Å²) in [5, 5.41) is 13.9. The van der Waals surface area contributed by atoms with E-state index in [-0.39, 0.29) is 6.61 Å². The van der Waals surface area contributed by atoms with Crippen LogP contribution in [0.1, 0.15) is 11.1 Å². The van der Waals surface area contributed by atoms with Crippen LogP contribution in [0.5, 0.6) is 17.2 Å². The summed E-state index contributed by atoms with van der Waals surface area (Å²) in [4.78, 5) is 4.58. The molecule has 7 nitrogen and oxygen atoms in total. The Morgan fingerprint density at radius 3 is 2.42 bits per heavy atom. The molecule has 31 heavy (non-hydrogen) atoms. The molecule has 1 fully saturated rings. The SMILES string of the molecule is COc1ccccc1CNCc1ccc(OC)c(OC[C@H](O)CN2CCN(C)CC2)c1. The van der Waals surface area contributed by atoms with E-state index >= 15 is 0 Å². The third kappa shape index (κ3) is 7.11. The number of rotatable bonds is 11. The summed E-state index contributed by atoms with van der Waals surface area (Å²) >= 11 is 0. The standard InChI is InChI=1S/C24H35N3O4/c1-26-10-12-27(13-11-26)17-21(28)18-31-24-14-19(8-9-23(24)30-3)15-25-16-20-6-4-5-7-22(20)29-2/h4-9,14,21,25,28H,10-13,15-18H2,1-3H3/t21-/m1/s1. The van der Waals surface area contributed by atoms with Crippen LogP contribution >= 0.6 is 0 Å². The normalized spacial score (nSPS) is 16.1. The van der Waals surface area contributed by atoms with Crippen LogP contribution in [-0.4, -0.2) is 81.6 Å². The summed E-state index contributed by atoms with van der Waals surface area (Å²) < 4.78 is 16.8. The predicted molar refractivity (Wildman–Crippen MR) is 122 cm³/mol. The summed E-state index contributed by atoms with van der Waals surface area (Å²) in [6.45, 7) is 6.26. The zero-order valence-corrected chi connectivity index (χ0v) is 18.8. The van der Waals surface area contributed by atoms with Gasteiger partial charge in [0.25, 0.3) is 0 Å². The highest BCUT2D eigenvalue weighted by atomic mass is 16.5. The zero-order chi connectivity index (χ0) is 22.1. The zero-order valence-electron chi connectivity index (χ0n) is 18.8. The van der Waals surface area contributed by atoms with Crippen LogP contribution in [0.25, 0.3) is 0 Å². The Hall–Kier alpha value is -2.32. The van der Waals surface area contributed by atoms with Crippen molar-refractivity contribution in [3.63, 3.8) is 0 Å². The number of aliphatic hydroxyl groups excluding tert-OH is 1. The largest absolute Gasteiger partial charge is 0.496 e. The number of ether oxygens (including phenoxy) is 3. The van der Waals surface area contributed by atoms with Gasteiger partial charge in [-0.15, -0.1) is 0 Å². The Morgan fingerprint density at radius 1 is 0.935 bits per heavy atom. The van der Waals surface area contributed by atoms with Crippen molar-refractivity contribution < 1.29 is 19.3 Å². The maximum absolute atomic E-state index is 10.4. The molecule has 1 heterocycles. The molecule has 1 atom stereocenters. The van der Waals surface area contributed by atoms with Crippen LogP contribution in [0.3, 0.4) is 0 Å². The number of hydrogen-bond donors (Lipinski definition) is 2. The maximum atomic E-state index is 10.4. The third-order valence-corrected chi connectivity index (χ3v) is 5.56. The van der Waals surface area contributed by atoms with E-state index in [0.29, 0.717) is 31.1 Å². The van der Waals surface area contributed by atoms with Gasteiger partial charge in [0.15, 0.2) is 11.5 Å². The van der Waals surface area contributed by atoms with Crippen LogP contribution in [0.2, 0.25) is 0 Å². The average Bonchev–Trinajstić information content (AvgIpc) is 2.79. The van der Waals surface area contributed by atoms with E-state index in [1.54, 1.807) is 14.2 Å². The molecular weight excluding hydrogens is 394 g/mol. The lowest BCUT2D eigenvalue weighted by Gasteiger charge is -2.33. The van der Waals surface area contributed by atoms with Crippen LogP contribution in [0.15, 0.2) is 42.5 Å². The number of methoxy groups -OCH3 is 2. The number of nitrogens with zero attached hydrogens (tertiary/aromatic N) is 2. The minimum Gasteiger partial charge on any atom is -0.496 e. The average molecular weight is 430 g/mol. The molecular formula is C24H35N3O4. The molecule has 1 aliphatic rings. The van der Waals surface area contributed by atoms with Crippen molar-refractivity contribution in [1.29, 1.82) is 0 Å². The number of piperazine rings is 1. The van der Waals surface area contributed by atoms with Gasteiger partial charge in [0, 0.05) is 51.4 Å². The minimum absolute atomic E-state index is 0.237. The van der Waals surface area contributed by atoms with Gasteiger partial charge in [-0.3, -0.25) is 4.90 Å². The molecule has 1 saturated heterocycles. The molecule has 0 amide bonds. The quantitative estimate of drug-likeness (QED) is 0.566. The number of para-hydroxylation sites is 1. The van der Waals surface area contributed by atoms with Crippen LogP contribution in [0.4, 0.5) is 0 Å². The first-order chi connectivity index (χ1) is 15.1. The Morgan fingerprint density at radius 2 is 1.68 bits per heavy atom. The van der Waals surface area contributed by atoms with Gasteiger partial charge in [0.2, 0.25) is 0 Å². The molecule has 0 radical (unpaired) electrons. The van der Waals surface area contributed by atoms with Gasteiger partial charge in [0.05, 0.1) is 14.2 Å². The second-order valence-corrected chi connectivity index (χ2v) is 7.97. The van der Waals surface area contributed by atoms with Gasteiger partial charge in [-0.2, -0.15) is 0 Å². The molecule has 0 spiro atoms. The first kappa shape index (κ1) is 23.3. The smallest absolute Gasteiger partial charge is 0.161 e. The molecule has 170 valence electrons. The van der Waals surface area contributed by atoms with Crippen molar-refractivity contribution >= 4 is 0 Å². The van der Waals surface area contributed by atoms with Crippen molar-refractivity contribution in [2.75, 3.05) is 60.6 Å². The fourth-order valence-corrected chi connectivity index (χ4v) is 3.70. The van der Waals surface area contributed by atoms with Crippen LogP contribution in [-0.2, 0) is 13.1 Å². The monoisotopic (exact) mass is 429 g/mol. The van der Waals surface area contributed by atoms with Gasteiger partial charge < -0.3 is 29.5 Å². The molecule has 7 heteroatoms. The highest BCUT2D eigenvalue weighted by molar-refractivity contribution is 5.43. The molecule has 0 saturated carbocycles. The molecule has 0 bridgehead atoms. The molecule has 2 aromatic carbocycles. The molecule has 0 aliphatic carbocycles. The van der Waals surface area contributed by atoms with E-state index < -0.39 is 6.10 Å². The number of hydrogen-bond acceptors (Lipinski definition) is 7. The van der Waals surface area contributed by atoms with E-state index in [1.807, 2.05) is 36.4 Å². The van der Waals surface area contributed by atoms with Crippen molar-refractivity contribution in [3.8, 4) is 17.2 Å². The number of likely N-dealkylation sites (N-methyl/N-ethyl adjacent to an activating group) is 1. The fourth-order valence-electron chi connectivity index (χ4n) is 3.70. The summed E-state index contributed by atoms with van der Waals surface area (Å²) in [7, 11) is 5.44. The van der Waals surface area contributed by atoms with E-state index in [1.165, 1.54) is 0 Å². The number of benzene rings is 2. The second-order valence-electron chi connectivity index (χ2n) is 7.97. The van der Waals surface area contributed by atoms with E-state index in [2.05, 4.69) is 28.2 Å². The van der Waals surface area contributed by atoms with Crippen LogP contribution in [0, 0.1) is 0 Å². The topological polar surface area (TPSA) is 66.4 Å². The third-order valence-electron chi connectivity index (χ3n) is 5.56. The summed E-state index contributed by atoms with van der Waals surface area (Å²) in [5.41, 5.74) is 2.20. The van der Waals surface area contributed by atoms with Gasteiger partial charge in [-0.25, -0.2) is 0 Å². The van der Waals surface area contributed by atoms with Crippen molar-refractivity contribution in [2.24, 2.45) is 0 Å². The second kappa shape index (κ2) is 11.9. The highest BCUT2D eigenvalue weighted by Gasteiger charge is 2.18. The molecule has 3 rings (SSSR count). The fraction of sp³-hybridized carbons (Fsp3) is 0.500. The lowest BCUT2D eigenvalue weighted by atomic mass is 10.1. The highest BCUT2D eigenvalue weighted by Crippen LogP contribution is 2.28. The summed E-state index contributed by atoms with van der Waals surface area (Å²) in [6.07, 6.45) is -0.541. The maximum Gasteiger partial charge on any atom is 0.161 e. The lowest BCUT2D eigenvalue weighted by molar-refractivity contribution is 0.0498. The van der Waals surface area contributed by atoms with Crippen molar-refractivity contribution in [2.45, 2.75) is 19.2 Å². The number of aliphatic hydroxyl groups is 1. The Labute approximate surface area is 185 Å². The number of nitrogens with one attached hydrogen (secondary N) is 1. The number of β-amino-alcohol motifs (C(OH)–C–C–N with tert-alkyl or cyclic N) is 1. The van der Waals surface area contributed by atoms with E-state index in [9.17, 15) is 5.11 Å². The molecule has 1 aliphatic heterocycles. The molecule has 2 aromatic rings. The van der Waals surface area contributed by atoms with Crippen LogP contribution < -0.4 is 19.5 Å². The predicted octanol–water partition coefficient (Wildman–Crippen LogP) is 1.98. The lowest BCUT2D eigenvalue weighted by Crippen LogP contribution is -2.47. The molecule has 0 aromatic heterocycles. The Bertz CT molecular complexity index is 809. The molecule has 0 unspecified atom stereocenters. The first-order valence-electron chi connectivity index (χ1n) is 10.8. The van der Waals surface area contributed by atoms with Gasteiger partial charge >= 0.3 is 0 Å². The summed E-state index contributed by atoms with van der Waals surface area (Å²) in [5.74, 6) is 2.19. The van der Waals surface area contributed by atoms with Crippen molar-refractivity contribution in [1.82, 2.24) is 15.1 Å². The molecule has 2 N–H and O–H groups in total. The Balaban J connectivity index is 1.51. The Kier molecular flexibility index (Phi) is 8.97. The van der Waals surface area contributed by atoms with E-state index in [4.69, 9.17) is 14.2 Å². The first-order valence-corrected chi connectivity index (χ1v) is 10.8. The van der Waals surface area contributed by atoms with E-state index in [0.717, 1.165) is 43.1 Å². The minimum atomic E-state index is -0.541. The van der Waals surface area contributed by atoms with Crippen molar-refractivity contribution in [3.05, 3.63) is 53.6 Å². The van der Waals surface area contributed by atoms with Gasteiger partial charge in [0.1, 0.15) is 18.5 Å². The summed E-state index contributed by atoms with van der Waals surface area (Å²) in [6, 6.07) is 13.9.